The van der Waals surface area contributed by atoms with Gasteiger partial charge in [0.1, 0.15) is 0 Å². The summed E-state index contributed by atoms with van der Waals surface area (Å²) in [6.45, 7) is 10.3. The Morgan fingerprint density at radius 1 is 1.08 bits per heavy atom. The summed E-state index contributed by atoms with van der Waals surface area (Å²) in [5.41, 5.74) is 0. The molecule has 26 heavy (non-hydrogen) atoms. The Morgan fingerprint density at radius 2 is 1.77 bits per heavy atom. The van der Waals surface area contributed by atoms with Crippen LogP contribution >= 0.6 is 0 Å². The van der Waals surface area contributed by atoms with E-state index in [1.165, 1.54) is 19.3 Å². The van der Waals surface area contributed by atoms with Crippen molar-refractivity contribution in [3.63, 3.8) is 0 Å². The molecule has 146 valence electrons. The number of hydrogen-bond donors (Lipinski definition) is 1. The number of nitrogens with zero attached hydrogens (tertiary/aromatic N) is 2. The summed E-state index contributed by atoms with van der Waals surface area (Å²) in [5, 5.41) is 2.50. The van der Waals surface area contributed by atoms with Crippen molar-refractivity contribution in [2.75, 3.05) is 26.2 Å². The van der Waals surface area contributed by atoms with Crippen molar-refractivity contribution in [2.24, 2.45) is 11.8 Å². The van der Waals surface area contributed by atoms with E-state index in [-0.39, 0.29) is 23.9 Å². The first kappa shape index (κ1) is 20.9. The standard InChI is InChI=1S/C19H29N3O2.C2H6/c1-3-14(2)21-11-8-15(9-12-21)16-5-4-10-22(13-16)17-6-7-18(23)20-19(17)24;1-2/h1,14-17H,4-13H2,2H3,(H,20,23,24);1-2H3. The van der Waals surface area contributed by atoms with Gasteiger partial charge in [-0.25, -0.2) is 0 Å². The number of terminal acetylenes is 1. The Labute approximate surface area is 158 Å². The van der Waals surface area contributed by atoms with Crippen LogP contribution in [0.5, 0.6) is 0 Å². The van der Waals surface area contributed by atoms with Gasteiger partial charge < -0.3 is 0 Å². The molecule has 0 bridgehead atoms. The Kier molecular flexibility index (Phi) is 8.12. The summed E-state index contributed by atoms with van der Waals surface area (Å²) in [4.78, 5) is 28.2. The van der Waals surface area contributed by atoms with E-state index in [9.17, 15) is 9.59 Å². The number of hydrogen-bond acceptors (Lipinski definition) is 4. The highest BCUT2D eigenvalue weighted by Gasteiger charge is 2.37. The van der Waals surface area contributed by atoms with Crippen molar-refractivity contribution in [1.29, 1.82) is 0 Å². The lowest BCUT2D eigenvalue weighted by atomic mass is 9.79. The molecule has 0 saturated carbocycles. The van der Waals surface area contributed by atoms with Crippen LogP contribution in [0.15, 0.2) is 0 Å². The average molecular weight is 362 g/mol. The number of nitrogens with one attached hydrogen (secondary N) is 1. The molecular formula is C21H35N3O2. The molecule has 0 aromatic rings. The lowest BCUT2D eigenvalue weighted by Crippen LogP contribution is -2.55. The number of carbonyl (C=O) groups excluding carboxylic acids is 2. The first-order valence-corrected chi connectivity index (χ1v) is 10.4. The summed E-state index contributed by atoms with van der Waals surface area (Å²) in [7, 11) is 0. The van der Waals surface area contributed by atoms with E-state index in [0.29, 0.717) is 18.8 Å². The number of rotatable bonds is 3. The normalized spacial score (nSPS) is 29.9. The van der Waals surface area contributed by atoms with E-state index < -0.39 is 0 Å². The number of likely N-dealkylation sites (tertiary alicyclic amines) is 2. The van der Waals surface area contributed by atoms with Crippen molar-refractivity contribution < 1.29 is 9.59 Å². The molecule has 0 spiro atoms. The predicted octanol–water partition coefficient (Wildman–Crippen LogP) is 2.26. The van der Waals surface area contributed by atoms with Crippen LogP contribution in [-0.4, -0.2) is 59.9 Å². The van der Waals surface area contributed by atoms with Gasteiger partial charge in [-0.2, -0.15) is 0 Å². The van der Waals surface area contributed by atoms with Crippen LogP contribution in [0, 0.1) is 24.2 Å². The molecule has 0 aliphatic carbocycles. The van der Waals surface area contributed by atoms with Gasteiger partial charge in [0.05, 0.1) is 12.1 Å². The molecule has 3 aliphatic heterocycles. The van der Waals surface area contributed by atoms with Gasteiger partial charge in [0.15, 0.2) is 0 Å². The molecule has 5 heteroatoms. The third-order valence-corrected chi connectivity index (χ3v) is 6.17. The molecule has 0 radical (unpaired) electrons. The molecule has 2 amide bonds. The second-order valence-corrected chi connectivity index (χ2v) is 7.58. The Balaban J connectivity index is 0.00000117. The quantitative estimate of drug-likeness (QED) is 0.619. The molecule has 3 fully saturated rings. The summed E-state index contributed by atoms with van der Waals surface area (Å²) in [6.07, 6.45) is 11.5. The van der Waals surface area contributed by atoms with Crippen molar-refractivity contribution >= 4 is 11.8 Å². The first-order chi connectivity index (χ1) is 12.6. The van der Waals surface area contributed by atoms with Gasteiger partial charge in [0, 0.05) is 13.0 Å². The Morgan fingerprint density at radius 3 is 2.38 bits per heavy atom. The zero-order chi connectivity index (χ0) is 19.1. The molecule has 3 atom stereocenters. The maximum absolute atomic E-state index is 12.1. The maximum Gasteiger partial charge on any atom is 0.243 e. The fraction of sp³-hybridized carbons (Fsp3) is 0.810. The molecule has 0 aromatic heterocycles. The number of piperidine rings is 3. The van der Waals surface area contributed by atoms with Gasteiger partial charge in [-0.1, -0.05) is 19.8 Å². The monoisotopic (exact) mass is 361 g/mol. The fourth-order valence-electron chi connectivity index (χ4n) is 4.62. The van der Waals surface area contributed by atoms with E-state index in [1.54, 1.807) is 0 Å². The van der Waals surface area contributed by atoms with Crippen molar-refractivity contribution in [3.8, 4) is 12.3 Å². The highest BCUT2D eigenvalue weighted by molar-refractivity contribution is 6.00. The summed E-state index contributed by atoms with van der Waals surface area (Å²) < 4.78 is 0. The smallest absolute Gasteiger partial charge is 0.243 e. The van der Waals surface area contributed by atoms with Gasteiger partial charge in [-0.05, 0) is 70.5 Å². The van der Waals surface area contributed by atoms with Crippen LogP contribution < -0.4 is 5.32 Å². The zero-order valence-corrected chi connectivity index (χ0v) is 16.7. The van der Waals surface area contributed by atoms with Gasteiger partial charge in [-0.3, -0.25) is 24.7 Å². The highest BCUT2D eigenvalue weighted by atomic mass is 16.2. The number of imide groups is 1. The van der Waals surface area contributed by atoms with Gasteiger partial charge in [0.25, 0.3) is 0 Å². The minimum atomic E-state index is -0.125. The molecule has 3 rings (SSSR count). The van der Waals surface area contributed by atoms with E-state index >= 15 is 0 Å². The predicted molar refractivity (Wildman–Crippen MR) is 104 cm³/mol. The topological polar surface area (TPSA) is 52.6 Å². The van der Waals surface area contributed by atoms with Gasteiger partial charge in [0.2, 0.25) is 11.8 Å². The van der Waals surface area contributed by atoms with E-state index in [2.05, 4.69) is 28.0 Å². The highest BCUT2D eigenvalue weighted by Crippen LogP contribution is 2.33. The summed E-state index contributed by atoms with van der Waals surface area (Å²) in [5.74, 6) is 4.03. The largest absolute Gasteiger partial charge is 0.295 e. The van der Waals surface area contributed by atoms with Crippen LogP contribution in [0.1, 0.15) is 59.3 Å². The van der Waals surface area contributed by atoms with Crippen LogP contribution in [0.3, 0.4) is 0 Å². The molecular weight excluding hydrogens is 326 g/mol. The van der Waals surface area contributed by atoms with E-state index in [4.69, 9.17) is 6.42 Å². The molecule has 3 saturated heterocycles. The minimum absolute atomic E-state index is 0.0930. The van der Waals surface area contributed by atoms with Crippen LogP contribution in [0.2, 0.25) is 0 Å². The lowest BCUT2D eigenvalue weighted by molar-refractivity contribution is -0.138. The minimum Gasteiger partial charge on any atom is -0.295 e. The van der Waals surface area contributed by atoms with E-state index in [1.807, 2.05) is 13.8 Å². The van der Waals surface area contributed by atoms with Crippen LogP contribution in [0.25, 0.3) is 0 Å². The van der Waals surface area contributed by atoms with Crippen molar-refractivity contribution in [1.82, 2.24) is 15.1 Å². The van der Waals surface area contributed by atoms with Crippen LogP contribution in [-0.2, 0) is 9.59 Å². The second-order valence-electron chi connectivity index (χ2n) is 7.58. The summed E-state index contributed by atoms with van der Waals surface area (Å²) in [6, 6.07) is 0.129. The van der Waals surface area contributed by atoms with Gasteiger partial charge >= 0.3 is 0 Å². The number of carbonyl (C=O) groups is 2. The number of amides is 2. The third kappa shape index (κ3) is 5.08. The Bertz CT molecular complexity index is 520. The summed E-state index contributed by atoms with van der Waals surface area (Å²) >= 11 is 0. The SMILES string of the molecule is C#CC(C)N1CCC(C2CCCN(C3CCC(=O)NC3=O)C2)CC1.CC. The average Bonchev–Trinajstić information content (AvgIpc) is 2.69. The van der Waals surface area contributed by atoms with Crippen molar-refractivity contribution in [2.45, 2.75) is 71.4 Å². The molecule has 3 heterocycles. The van der Waals surface area contributed by atoms with E-state index in [0.717, 1.165) is 38.5 Å². The third-order valence-electron chi connectivity index (χ3n) is 6.17. The molecule has 5 nitrogen and oxygen atoms in total. The van der Waals surface area contributed by atoms with Crippen molar-refractivity contribution in [3.05, 3.63) is 0 Å². The molecule has 3 aliphatic rings. The lowest BCUT2D eigenvalue weighted by Gasteiger charge is -2.44. The first-order valence-electron chi connectivity index (χ1n) is 10.4. The molecule has 3 unspecified atom stereocenters. The maximum atomic E-state index is 12.1. The van der Waals surface area contributed by atoms with Crippen LogP contribution in [0.4, 0.5) is 0 Å². The molecule has 1 N–H and O–H groups in total. The fourth-order valence-corrected chi connectivity index (χ4v) is 4.62. The molecule has 0 aromatic carbocycles. The zero-order valence-electron chi connectivity index (χ0n) is 16.7. The Hall–Kier alpha value is -1.38. The van der Waals surface area contributed by atoms with Gasteiger partial charge in [-0.15, -0.1) is 6.42 Å². The second kappa shape index (κ2) is 10.1.